The van der Waals surface area contributed by atoms with Gasteiger partial charge in [0.05, 0.1) is 16.5 Å². The van der Waals surface area contributed by atoms with Crippen LogP contribution in [0.4, 0.5) is 0 Å². The highest BCUT2D eigenvalue weighted by molar-refractivity contribution is 7.90. The second kappa shape index (κ2) is 9.47. The summed E-state index contributed by atoms with van der Waals surface area (Å²) < 4.78 is 36.0. The second-order valence-corrected chi connectivity index (χ2v) is 12.1. The molecule has 35 heavy (non-hydrogen) atoms. The topological polar surface area (TPSA) is 51.5 Å². The molecule has 6 heteroatoms. The quantitative estimate of drug-likeness (QED) is 0.423. The maximum Gasteiger partial charge on any atom is 0.268 e. The lowest BCUT2D eigenvalue weighted by Gasteiger charge is -2.23. The molecule has 0 radical (unpaired) electrons. The van der Waals surface area contributed by atoms with Crippen LogP contribution in [0, 0.1) is 20.8 Å². The molecule has 5 rings (SSSR count). The number of fused-ring (bicyclic) bond motifs is 1. The van der Waals surface area contributed by atoms with Gasteiger partial charge in [-0.1, -0.05) is 30.2 Å². The number of hydrogen-bond acceptors (Lipinski definition) is 4. The Morgan fingerprint density at radius 1 is 0.971 bits per heavy atom. The minimum Gasteiger partial charge on any atom is -0.490 e. The van der Waals surface area contributed by atoms with Gasteiger partial charge in [0.1, 0.15) is 5.75 Å². The number of aromatic nitrogens is 1. The summed E-state index contributed by atoms with van der Waals surface area (Å²) in [7, 11) is -1.66. The maximum atomic E-state index is 14.1. The number of nitrogens with zero attached hydrogens (tertiary/aromatic N) is 2. The number of aryl methyl sites for hydroxylation is 3. The van der Waals surface area contributed by atoms with Crippen LogP contribution in [-0.4, -0.2) is 43.5 Å². The molecule has 5 nitrogen and oxygen atoms in total. The van der Waals surface area contributed by atoms with Gasteiger partial charge >= 0.3 is 0 Å². The summed E-state index contributed by atoms with van der Waals surface area (Å²) in [4.78, 5) is 2.67. The van der Waals surface area contributed by atoms with Gasteiger partial charge in [0.15, 0.2) is 0 Å². The van der Waals surface area contributed by atoms with Crippen molar-refractivity contribution in [3.63, 3.8) is 0 Å². The van der Waals surface area contributed by atoms with E-state index in [2.05, 4.69) is 24.1 Å². The average Bonchev–Trinajstić information content (AvgIpc) is 3.19. The lowest BCUT2D eigenvalue weighted by atomic mass is 9.97. The molecule has 2 heterocycles. The highest BCUT2D eigenvalue weighted by atomic mass is 32.2. The van der Waals surface area contributed by atoms with Crippen LogP contribution >= 0.6 is 0 Å². The van der Waals surface area contributed by atoms with Crippen molar-refractivity contribution in [2.45, 2.75) is 70.3 Å². The van der Waals surface area contributed by atoms with E-state index in [0.29, 0.717) is 10.4 Å². The molecule has 0 atom stereocenters. The Hall–Kier alpha value is -2.57. The van der Waals surface area contributed by atoms with E-state index in [-0.39, 0.29) is 6.10 Å². The molecule has 186 valence electrons. The molecule has 0 bridgehead atoms. The van der Waals surface area contributed by atoms with Crippen molar-refractivity contribution in [1.82, 2.24) is 8.87 Å². The predicted molar refractivity (Wildman–Crippen MR) is 143 cm³/mol. The summed E-state index contributed by atoms with van der Waals surface area (Å²) >= 11 is 0. The lowest BCUT2D eigenvalue weighted by Crippen LogP contribution is -2.23. The van der Waals surface area contributed by atoms with Gasteiger partial charge in [-0.15, -0.1) is 0 Å². The molecule has 0 spiro atoms. The fourth-order valence-electron chi connectivity index (χ4n) is 5.77. The third kappa shape index (κ3) is 4.66. The van der Waals surface area contributed by atoms with Gasteiger partial charge in [-0.05, 0) is 94.8 Å². The highest BCUT2D eigenvalue weighted by Crippen LogP contribution is 2.37. The summed E-state index contributed by atoms with van der Waals surface area (Å²) in [5.41, 5.74) is 5.53. The first-order chi connectivity index (χ1) is 16.7. The Morgan fingerprint density at radius 3 is 2.34 bits per heavy atom. The molecule has 0 N–H and O–H groups in total. The van der Waals surface area contributed by atoms with E-state index in [4.69, 9.17) is 4.74 Å². The summed E-state index contributed by atoms with van der Waals surface area (Å²) in [5, 5.41) is 0.945. The Morgan fingerprint density at radius 2 is 1.69 bits per heavy atom. The second-order valence-electron chi connectivity index (χ2n) is 10.4. The predicted octanol–water partition coefficient (Wildman–Crippen LogP) is 6.23. The van der Waals surface area contributed by atoms with E-state index < -0.39 is 10.0 Å². The molecule has 2 aromatic carbocycles. The summed E-state index contributed by atoms with van der Waals surface area (Å²) in [6.45, 7) is 7.59. The van der Waals surface area contributed by atoms with Gasteiger partial charge in [-0.25, -0.2) is 12.4 Å². The van der Waals surface area contributed by atoms with Crippen LogP contribution in [0.5, 0.6) is 5.75 Å². The van der Waals surface area contributed by atoms with Crippen LogP contribution in [0.3, 0.4) is 0 Å². The van der Waals surface area contributed by atoms with Crippen LogP contribution in [0.15, 0.2) is 47.5 Å². The Kier molecular flexibility index (Phi) is 6.53. The third-order valence-electron chi connectivity index (χ3n) is 7.48. The van der Waals surface area contributed by atoms with Crippen molar-refractivity contribution in [3.8, 4) is 5.75 Å². The highest BCUT2D eigenvalue weighted by Gasteiger charge is 2.27. The molecule has 1 fully saturated rings. The minimum absolute atomic E-state index is 0.246. The zero-order valence-corrected chi connectivity index (χ0v) is 22.1. The van der Waals surface area contributed by atoms with E-state index in [1.807, 2.05) is 51.2 Å². The van der Waals surface area contributed by atoms with Crippen LogP contribution < -0.4 is 4.74 Å². The number of benzene rings is 2. The Bertz CT molecular complexity index is 1370. The normalized spacial score (nSPS) is 18.1. The van der Waals surface area contributed by atoms with Crippen LogP contribution in [0.1, 0.15) is 60.8 Å². The molecule has 3 aromatic rings. The van der Waals surface area contributed by atoms with Crippen LogP contribution in [0.2, 0.25) is 0 Å². The Balaban J connectivity index is 1.65. The molecular formula is C29H36N2O3S. The summed E-state index contributed by atoms with van der Waals surface area (Å²) in [6.07, 6.45) is 11.1. The molecule has 1 saturated carbocycles. The van der Waals surface area contributed by atoms with Gasteiger partial charge in [-0.3, -0.25) is 0 Å². The van der Waals surface area contributed by atoms with Crippen molar-refractivity contribution in [2.75, 3.05) is 20.1 Å². The first-order valence-electron chi connectivity index (χ1n) is 12.8. The molecule has 2 aliphatic rings. The monoisotopic (exact) mass is 492 g/mol. The SMILES string of the molecule is Cc1cc(C)c(S(=O)(=O)n2cc(C3=CCN(C)CC3)c3cc(OC4CCCCC4)ccc32)c(C)c1. The molecule has 1 aliphatic carbocycles. The fraction of sp³-hybridized carbons (Fsp3) is 0.448. The maximum absolute atomic E-state index is 14.1. The molecule has 0 unspecified atom stereocenters. The summed E-state index contributed by atoms with van der Waals surface area (Å²) in [6, 6.07) is 9.80. The van der Waals surface area contributed by atoms with Crippen LogP contribution in [-0.2, 0) is 10.0 Å². The fourth-order valence-corrected chi connectivity index (χ4v) is 7.56. The van der Waals surface area contributed by atoms with E-state index >= 15 is 0 Å². The van der Waals surface area contributed by atoms with E-state index in [1.54, 1.807) is 0 Å². The Labute approximate surface area is 209 Å². The summed E-state index contributed by atoms with van der Waals surface area (Å²) in [5.74, 6) is 0.831. The number of rotatable bonds is 5. The van der Waals surface area contributed by atoms with Gasteiger partial charge in [-0.2, -0.15) is 0 Å². The molecular weight excluding hydrogens is 456 g/mol. The van der Waals surface area contributed by atoms with Crippen molar-refractivity contribution >= 4 is 26.5 Å². The van der Waals surface area contributed by atoms with Crippen molar-refractivity contribution in [3.05, 3.63) is 64.9 Å². The number of hydrogen-bond donors (Lipinski definition) is 0. The van der Waals surface area contributed by atoms with Crippen molar-refractivity contribution < 1.29 is 13.2 Å². The van der Waals surface area contributed by atoms with E-state index in [0.717, 1.165) is 65.7 Å². The van der Waals surface area contributed by atoms with Gasteiger partial charge in [0.25, 0.3) is 10.0 Å². The van der Waals surface area contributed by atoms with Gasteiger partial charge in [0, 0.05) is 30.2 Å². The largest absolute Gasteiger partial charge is 0.490 e. The zero-order valence-electron chi connectivity index (χ0n) is 21.3. The van der Waals surface area contributed by atoms with E-state index in [1.165, 1.54) is 28.8 Å². The first kappa shape index (κ1) is 24.1. The standard InChI is InChI=1S/C29H36N2O3S/c1-20-16-21(2)29(22(3)17-20)35(32,33)31-19-27(23-12-14-30(4)15-13-23)26-18-25(10-11-28(26)31)34-24-8-6-5-7-9-24/h10-12,16-19,24H,5-9,13-15H2,1-4H3. The smallest absolute Gasteiger partial charge is 0.268 e. The minimum atomic E-state index is -3.77. The molecule has 1 aromatic heterocycles. The van der Waals surface area contributed by atoms with Crippen molar-refractivity contribution in [2.24, 2.45) is 0 Å². The first-order valence-corrected chi connectivity index (χ1v) is 14.2. The van der Waals surface area contributed by atoms with Gasteiger partial charge in [0.2, 0.25) is 0 Å². The van der Waals surface area contributed by atoms with Crippen molar-refractivity contribution in [1.29, 1.82) is 0 Å². The van der Waals surface area contributed by atoms with E-state index in [9.17, 15) is 8.42 Å². The third-order valence-corrected chi connectivity index (χ3v) is 9.46. The number of likely N-dealkylation sites (N-methyl/N-ethyl adjacent to an activating group) is 1. The van der Waals surface area contributed by atoms with Crippen LogP contribution in [0.25, 0.3) is 16.5 Å². The lowest BCUT2D eigenvalue weighted by molar-refractivity contribution is 0.155. The number of ether oxygens (including phenoxy) is 1. The zero-order chi connectivity index (χ0) is 24.7. The molecule has 0 saturated heterocycles. The van der Waals surface area contributed by atoms with Gasteiger partial charge < -0.3 is 9.64 Å². The average molecular weight is 493 g/mol. The molecule has 1 aliphatic heterocycles. The molecule has 0 amide bonds.